The number of ether oxygens (including phenoxy) is 2. The molecule has 0 atom stereocenters. The number of carbonyl (C=O) groups excluding carboxylic acids is 1. The molecular weight excluding hydrogens is 266 g/mol. The lowest BCUT2D eigenvalue weighted by Crippen LogP contribution is -2.05. The van der Waals surface area contributed by atoms with Crippen LogP contribution >= 0.6 is 0 Å². The highest BCUT2D eigenvalue weighted by atomic mass is 16.5. The van der Waals surface area contributed by atoms with E-state index >= 15 is 0 Å². The second-order valence-corrected chi connectivity index (χ2v) is 4.71. The molecule has 2 rings (SSSR count). The molecule has 0 heterocycles. The number of benzene rings is 2. The highest BCUT2D eigenvalue weighted by Gasteiger charge is 2.08. The van der Waals surface area contributed by atoms with E-state index in [-0.39, 0.29) is 5.97 Å². The average molecular weight is 285 g/mol. The van der Waals surface area contributed by atoms with Crippen molar-refractivity contribution in [3.63, 3.8) is 0 Å². The lowest BCUT2D eigenvalue weighted by atomic mass is 10.0. The third kappa shape index (κ3) is 4.24. The third-order valence-electron chi connectivity index (χ3n) is 2.97. The standard InChI is InChI=1S/C17H19NO3/c1-3-20-16-7-4-13(5-8-16)10-14-11-15(18)6-9-17(14)21-12(2)19/h4-9,11H,3,10,18H2,1-2H3. The number of hydrogen-bond donors (Lipinski definition) is 1. The van der Waals surface area contributed by atoms with Crippen molar-refractivity contribution in [2.45, 2.75) is 20.3 Å². The zero-order valence-corrected chi connectivity index (χ0v) is 12.3. The van der Waals surface area contributed by atoms with E-state index in [1.807, 2.05) is 37.3 Å². The Labute approximate surface area is 124 Å². The van der Waals surface area contributed by atoms with Gasteiger partial charge in [0, 0.05) is 24.6 Å². The van der Waals surface area contributed by atoms with E-state index in [9.17, 15) is 4.79 Å². The van der Waals surface area contributed by atoms with Crippen LogP contribution in [-0.2, 0) is 11.2 Å². The monoisotopic (exact) mass is 285 g/mol. The van der Waals surface area contributed by atoms with Gasteiger partial charge in [0.05, 0.1) is 6.61 Å². The Morgan fingerprint density at radius 1 is 1.14 bits per heavy atom. The van der Waals surface area contributed by atoms with E-state index < -0.39 is 0 Å². The largest absolute Gasteiger partial charge is 0.494 e. The molecule has 2 aromatic carbocycles. The van der Waals surface area contributed by atoms with Crippen molar-refractivity contribution in [3.05, 3.63) is 53.6 Å². The highest BCUT2D eigenvalue weighted by molar-refractivity contribution is 5.70. The molecular formula is C17H19NO3. The molecule has 0 amide bonds. The molecule has 0 aliphatic rings. The van der Waals surface area contributed by atoms with Crippen LogP contribution in [0, 0.1) is 0 Å². The van der Waals surface area contributed by atoms with E-state index in [2.05, 4.69) is 0 Å². The predicted octanol–water partition coefficient (Wildman–Crippen LogP) is 3.18. The van der Waals surface area contributed by atoms with Crippen LogP contribution in [0.4, 0.5) is 5.69 Å². The van der Waals surface area contributed by atoms with Crippen LogP contribution in [0.25, 0.3) is 0 Å². The maximum absolute atomic E-state index is 11.1. The van der Waals surface area contributed by atoms with Crippen LogP contribution < -0.4 is 15.2 Å². The van der Waals surface area contributed by atoms with Crippen molar-refractivity contribution in [2.75, 3.05) is 12.3 Å². The first kappa shape index (κ1) is 14.9. The first-order chi connectivity index (χ1) is 10.1. The summed E-state index contributed by atoms with van der Waals surface area (Å²) in [5.74, 6) is 1.05. The van der Waals surface area contributed by atoms with Gasteiger partial charge in [0.15, 0.2) is 0 Å². The van der Waals surface area contributed by atoms with E-state index in [0.29, 0.717) is 24.5 Å². The fraction of sp³-hybridized carbons (Fsp3) is 0.235. The van der Waals surface area contributed by atoms with Crippen molar-refractivity contribution in [1.29, 1.82) is 0 Å². The van der Waals surface area contributed by atoms with Gasteiger partial charge in [0.2, 0.25) is 0 Å². The minimum Gasteiger partial charge on any atom is -0.494 e. The van der Waals surface area contributed by atoms with Gasteiger partial charge >= 0.3 is 5.97 Å². The molecule has 21 heavy (non-hydrogen) atoms. The van der Waals surface area contributed by atoms with Gasteiger partial charge in [-0.3, -0.25) is 4.79 Å². The van der Waals surface area contributed by atoms with Gasteiger partial charge in [-0.1, -0.05) is 12.1 Å². The fourth-order valence-electron chi connectivity index (χ4n) is 2.08. The van der Waals surface area contributed by atoms with Gasteiger partial charge in [-0.15, -0.1) is 0 Å². The number of nitrogen functional groups attached to an aromatic ring is 1. The van der Waals surface area contributed by atoms with Crippen molar-refractivity contribution in [1.82, 2.24) is 0 Å². The first-order valence-corrected chi connectivity index (χ1v) is 6.87. The molecule has 0 unspecified atom stereocenters. The summed E-state index contributed by atoms with van der Waals surface area (Å²) in [4.78, 5) is 11.1. The first-order valence-electron chi connectivity index (χ1n) is 6.87. The summed E-state index contributed by atoms with van der Waals surface area (Å²) in [5, 5.41) is 0. The molecule has 0 spiro atoms. The SMILES string of the molecule is CCOc1ccc(Cc2cc(N)ccc2OC(C)=O)cc1. The molecule has 110 valence electrons. The Morgan fingerprint density at radius 2 is 1.86 bits per heavy atom. The number of esters is 1. The predicted molar refractivity (Wildman–Crippen MR) is 82.6 cm³/mol. The topological polar surface area (TPSA) is 61.6 Å². The molecule has 0 aromatic heterocycles. The van der Waals surface area contributed by atoms with Crippen molar-refractivity contribution >= 4 is 11.7 Å². The van der Waals surface area contributed by atoms with E-state index in [0.717, 1.165) is 16.9 Å². The van der Waals surface area contributed by atoms with Crippen LogP contribution in [-0.4, -0.2) is 12.6 Å². The Bertz CT molecular complexity index is 620. The number of hydrogen-bond acceptors (Lipinski definition) is 4. The van der Waals surface area contributed by atoms with Crippen LogP contribution in [0.3, 0.4) is 0 Å². The lowest BCUT2D eigenvalue weighted by Gasteiger charge is -2.10. The highest BCUT2D eigenvalue weighted by Crippen LogP contribution is 2.25. The second-order valence-electron chi connectivity index (χ2n) is 4.71. The van der Waals surface area contributed by atoms with E-state index in [1.165, 1.54) is 6.92 Å². The molecule has 0 bridgehead atoms. The van der Waals surface area contributed by atoms with Crippen LogP contribution in [0.1, 0.15) is 25.0 Å². The molecule has 2 N–H and O–H groups in total. The molecule has 0 fully saturated rings. The summed E-state index contributed by atoms with van der Waals surface area (Å²) in [6, 6.07) is 13.1. The third-order valence-corrected chi connectivity index (χ3v) is 2.97. The number of rotatable bonds is 5. The fourth-order valence-corrected chi connectivity index (χ4v) is 2.08. The van der Waals surface area contributed by atoms with Gasteiger partial charge < -0.3 is 15.2 Å². The van der Waals surface area contributed by atoms with Gasteiger partial charge in [-0.25, -0.2) is 0 Å². The number of carbonyl (C=O) groups is 1. The smallest absolute Gasteiger partial charge is 0.308 e. The molecule has 4 heteroatoms. The van der Waals surface area contributed by atoms with Gasteiger partial charge in [-0.05, 0) is 42.8 Å². The summed E-state index contributed by atoms with van der Waals surface area (Å²) >= 11 is 0. The normalized spacial score (nSPS) is 10.2. The molecule has 0 radical (unpaired) electrons. The molecule has 4 nitrogen and oxygen atoms in total. The summed E-state index contributed by atoms with van der Waals surface area (Å²) in [5.41, 5.74) is 8.44. The molecule has 0 aliphatic heterocycles. The van der Waals surface area contributed by atoms with Gasteiger partial charge in [0.1, 0.15) is 11.5 Å². The Kier molecular flexibility index (Phi) is 4.82. The quantitative estimate of drug-likeness (QED) is 0.520. The molecule has 0 aliphatic carbocycles. The van der Waals surface area contributed by atoms with Crippen molar-refractivity contribution in [2.24, 2.45) is 0 Å². The maximum atomic E-state index is 11.1. The number of nitrogens with two attached hydrogens (primary N) is 1. The zero-order chi connectivity index (χ0) is 15.2. The maximum Gasteiger partial charge on any atom is 0.308 e. The minimum atomic E-state index is -0.340. The minimum absolute atomic E-state index is 0.340. The number of anilines is 1. The summed E-state index contributed by atoms with van der Waals surface area (Å²) in [7, 11) is 0. The Balaban J connectivity index is 2.21. The van der Waals surface area contributed by atoms with Gasteiger partial charge in [-0.2, -0.15) is 0 Å². The Hall–Kier alpha value is -2.49. The van der Waals surface area contributed by atoms with Crippen molar-refractivity contribution in [3.8, 4) is 11.5 Å². The zero-order valence-electron chi connectivity index (χ0n) is 12.3. The molecule has 0 saturated carbocycles. The van der Waals surface area contributed by atoms with Crippen LogP contribution in [0.15, 0.2) is 42.5 Å². The van der Waals surface area contributed by atoms with E-state index in [4.69, 9.17) is 15.2 Å². The van der Waals surface area contributed by atoms with Gasteiger partial charge in [0.25, 0.3) is 0 Å². The van der Waals surface area contributed by atoms with Crippen LogP contribution in [0.2, 0.25) is 0 Å². The second kappa shape index (κ2) is 6.79. The van der Waals surface area contributed by atoms with E-state index in [1.54, 1.807) is 12.1 Å². The molecule has 2 aromatic rings. The van der Waals surface area contributed by atoms with Crippen LogP contribution in [0.5, 0.6) is 11.5 Å². The lowest BCUT2D eigenvalue weighted by molar-refractivity contribution is -0.131. The Morgan fingerprint density at radius 3 is 2.48 bits per heavy atom. The summed E-state index contributed by atoms with van der Waals surface area (Å²) in [6.07, 6.45) is 0.639. The summed E-state index contributed by atoms with van der Waals surface area (Å²) < 4.78 is 10.6. The van der Waals surface area contributed by atoms with Crippen molar-refractivity contribution < 1.29 is 14.3 Å². The molecule has 0 saturated heterocycles. The summed E-state index contributed by atoms with van der Waals surface area (Å²) in [6.45, 7) is 3.98. The average Bonchev–Trinajstić information content (AvgIpc) is 2.44.